The second-order valence-corrected chi connectivity index (χ2v) is 3.37. The zero-order valence-corrected chi connectivity index (χ0v) is 8.29. The van der Waals surface area contributed by atoms with Gasteiger partial charge in [-0.3, -0.25) is 9.36 Å². The second kappa shape index (κ2) is 3.78. The summed E-state index contributed by atoms with van der Waals surface area (Å²) in [6.07, 6.45) is 3.03. The van der Waals surface area contributed by atoms with E-state index in [2.05, 4.69) is 9.97 Å². The van der Waals surface area contributed by atoms with Crippen LogP contribution in [0.15, 0.2) is 29.5 Å². The molecule has 1 atom stereocenters. The van der Waals surface area contributed by atoms with Crippen molar-refractivity contribution in [2.24, 2.45) is 0 Å². The highest BCUT2D eigenvalue weighted by Crippen LogP contribution is 2.11. The van der Waals surface area contributed by atoms with Crippen molar-refractivity contribution in [3.63, 3.8) is 0 Å². The third-order valence-electron chi connectivity index (χ3n) is 2.29. The molecule has 0 fully saturated rings. The number of aliphatic hydroxyl groups excluding tert-OH is 1. The first kappa shape index (κ1) is 9.79. The first-order valence-corrected chi connectivity index (χ1v) is 4.66. The van der Waals surface area contributed by atoms with Gasteiger partial charge in [-0.2, -0.15) is 0 Å². The standard InChI is InChI=1S/C10H11N3O2/c1-7(5-14)13-9(15)3-2-8-4-11-6-12-10(8)13/h2-4,6-7,14H,5H2,1H3/t7-/m0/s1. The maximum Gasteiger partial charge on any atom is 0.252 e. The van der Waals surface area contributed by atoms with E-state index in [4.69, 9.17) is 5.11 Å². The summed E-state index contributed by atoms with van der Waals surface area (Å²) in [4.78, 5) is 19.6. The van der Waals surface area contributed by atoms with Crippen LogP contribution in [0.25, 0.3) is 11.0 Å². The Hall–Kier alpha value is -1.75. The molecule has 1 N–H and O–H groups in total. The highest BCUT2D eigenvalue weighted by molar-refractivity contribution is 5.73. The lowest BCUT2D eigenvalue weighted by molar-refractivity contribution is 0.239. The van der Waals surface area contributed by atoms with E-state index in [0.717, 1.165) is 5.39 Å². The molecular formula is C10H11N3O2. The molecule has 78 valence electrons. The van der Waals surface area contributed by atoms with Gasteiger partial charge in [0.2, 0.25) is 0 Å². The summed E-state index contributed by atoms with van der Waals surface area (Å²) in [6.45, 7) is 1.67. The van der Waals surface area contributed by atoms with Crippen LogP contribution in [0.1, 0.15) is 13.0 Å². The van der Waals surface area contributed by atoms with Crippen LogP contribution in [0.4, 0.5) is 0 Å². The van der Waals surface area contributed by atoms with Gasteiger partial charge >= 0.3 is 0 Å². The number of hydrogen-bond acceptors (Lipinski definition) is 4. The van der Waals surface area contributed by atoms with E-state index in [1.807, 2.05) is 0 Å². The van der Waals surface area contributed by atoms with Crippen molar-refractivity contribution in [1.82, 2.24) is 14.5 Å². The fourth-order valence-electron chi connectivity index (χ4n) is 1.51. The van der Waals surface area contributed by atoms with Crippen molar-refractivity contribution in [2.75, 3.05) is 6.61 Å². The molecule has 0 aliphatic rings. The van der Waals surface area contributed by atoms with Gasteiger partial charge in [-0.05, 0) is 13.0 Å². The maximum atomic E-state index is 11.6. The summed E-state index contributed by atoms with van der Waals surface area (Å²) >= 11 is 0. The molecule has 2 heterocycles. The first-order chi connectivity index (χ1) is 7.24. The lowest BCUT2D eigenvalue weighted by Crippen LogP contribution is -2.25. The quantitative estimate of drug-likeness (QED) is 0.767. The lowest BCUT2D eigenvalue weighted by atomic mass is 10.3. The number of aromatic nitrogens is 3. The molecule has 2 aromatic heterocycles. The van der Waals surface area contributed by atoms with Crippen LogP contribution in [0, 0.1) is 0 Å². The van der Waals surface area contributed by atoms with Gasteiger partial charge in [-0.1, -0.05) is 0 Å². The van der Waals surface area contributed by atoms with Crippen LogP contribution in [0.2, 0.25) is 0 Å². The van der Waals surface area contributed by atoms with Crippen molar-refractivity contribution in [1.29, 1.82) is 0 Å². The van der Waals surface area contributed by atoms with E-state index in [1.165, 1.54) is 17.0 Å². The molecule has 0 saturated carbocycles. The van der Waals surface area contributed by atoms with Crippen LogP contribution in [0.5, 0.6) is 0 Å². The molecule has 2 aromatic rings. The van der Waals surface area contributed by atoms with Crippen molar-refractivity contribution < 1.29 is 5.11 Å². The molecule has 0 aromatic carbocycles. The number of rotatable bonds is 2. The van der Waals surface area contributed by atoms with E-state index in [1.54, 1.807) is 19.2 Å². The van der Waals surface area contributed by atoms with Gasteiger partial charge in [0.25, 0.3) is 5.56 Å². The predicted molar refractivity (Wildman–Crippen MR) is 55.6 cm³/mol. The van der Waals surface area contributed by atoms with Crippen LogP contribution >= 0.6 is 0 Å². The van der Waals surface area contributed by atoms with Crippen LogP contribution in [0.3, 0.4) is 0 Å². The number of fused-ring (bicyclic) bond motifs is 1. The number of pyridine rings is 1. The zero-order valence-electron chi connectivity index (χ0n) is 8.29. The molecule has 0 aliphatic heterocycles. The summed E-state index contributed by atoms with van der Waals surface area (Å²) in [5, 5.41) is 9.86. The predicted octanol–water partition coefficient (Wildman–Crippen LogP) is 0.345. The van der Waals surface area contributed by atoms with Crippen molar-refractivity contribution in [2.45, 2.75) is 13.0 Å². The minimum absolute atomic E-state index is 0.0942. The molecule has 0 unspecified atom stereocenters. The topological polar surface area (TPSA) is 68.0 Å². The van der Waals surface area contributed by atoms with E-state index in [0.29, 0.717) is 5.65 Å². The monoisotopic (exact) mass is 205 g/mol. The van der Waals surface area contributed by atoms with Gasteiger partial charge in [-0.15, -0.1) is 0 Å². The molecular weight excluding hydrogens is 194 g/mol. The summed E-state index contributed by atoms with van der Waals surface area (Å²) in [6, 6.07) is 2.85. The number of hydrogen-bond donors (Lipinski definition) is 1. The van der Waals surface area contributed by atoms with E-state index >= 15 is 0 Å². The SMILES string of the molecule is C[C@@H](CO)n1c(=O)ccc2cncnc21. The fourth-order valence-corrected chi connectivity index (χ4v) is 1.51. The Morgan fingerprint density at radius 1 is 1.53 bits per heavy atom. The highest BCUT2D eigenvalue weighted by atomic mass is 16.3. The van der Waals surface area contributed by atoms with Crippen LogP contribution < -0.4 is 5.56 Å². The molecule has 0 amide bonds. The molecule has 0 radical (unpaired) electrons. The third-order valence-corrected chi connectivity index (χ3v) is 2.29. The van der Waals surface area contributed by atoms with Gasteiger partial charge in [0.15, 0.2) is 0 Å². The summed E-state index contributed by atoms with van der Waals surface area (Å²) in [7, 11) is 0. The summed E-state index contributed by atoms with van der Waals surface area (Å²) in [5.74, 6) is 0. The Morgan fingerprint density at radius 2 is 2.33 bits per heavy atom. The highest BCUT2D eigenvalue weighted by Gasteiger charge is 2.09. The molecule has 5 nitrogen and oxygen atoms in total. The smallest absolute Gasteiger partial charge is 0.252 e. The first-order valence-electron chi connectivity index (χ1n) is 4.66. The van der Waals surface area contributed by atoms with E-state index in [-0.39, 0.29) is 18.2 Å². The molecule has 2 rings (SSSR count). The Morgan fingerprint density at radius 3 is 3.07 bits per heavy atom. The number of nitrogens with zero attached hydrogens (tertiary/aromatic N) is 3. The largest absolute Gasteiger partial charge is 0.394 e. The Bertz CT molecular complexity index is 535. The van der Waals surface area contributed by atoms with Gasteiger partial charge in [0.05, 0.1) is 12.6 Å². The summed E-state index contributed by atoms with van der Waals surface area (Å²) < 4.78 is 1.47. The zero-order chi connectivity index (χ0) is 10.8. The van der Waals surface area contributed by atoms with Crippen LogP contribution in [-0.2, 0) is 0 Å². The van der Waals surface area contributed by atoms with Crippen molar-refractivity contribution in [3.8, 4) is 0 Å². The summed E-state index contributed by atoms with van der Waals surface area (Å²) in [5.41, 5.74) is 0.391. The number of aliphatic hydroxyl groups is 1. The Balaban J connectivity index is 2.80. The van der Waals surface area contributed by atoms with Gasteiger partial charge in [0, 0.05) is 17.6 Å². The van der Waals surface area contributed by atoms with Gasteiger partial charge < -0.3 is 5.11 Å². The molecule has 0 bridgehead atoms. The fraction of sp³-hybridized carbons (Fsp3) is 0.300. The normalized spacial score (nSPS) is 12.9. The van der Waals surface area contributed by atoms with E-state index < -0.39 is 0 Å². The average molecular weight is 205 g/mol. The van der Waals surface area contributed by atoms with Gasteiger partial charge in [0.1, 0.15) is 12.0 Å². The second-order valence-electron chi connectivity index (χ2n) is 3.37. The van der Waals surface area contributed by atoms with Crippen molar-refractivity contribution >= 4 is 11.0 Å². The minimum atomic E-state index is -0.281. The minimum Gasteiger partial charge on any atom is -0.394 e. The van der Waals surface area contributed by atoms with Crippen LogP contribution in [-0.4, -0.2) is 26.2 Å². The molecule has 0 spiro atoms. The molecule has 5 heteroatoms. The molecule has 15 heavy (non-hydrogen) atoms. The molecule has 0 saturated heterocycles. The Labute approximate surface area is 86.0 Å². The lowest BCUT2D eigenvalue weighted by Gasteiger charge is -2.13. The average Bonchev–Trinajstić information content (AvgIpc) is 2.28. The maximum absolute atomic E-state index is 11.6. The molecule has 0 aliphatic carbocycles. The van der Waals surface area contributed by atoms with Crippen molar-refractivity contribution in [3.05, 3.63) is 35.0 Å². The Kier molecular flexibility index (Phi) is 2.47. The van der Waals surface area contributed by atoms with Gasteiger partial charge in [-0.25, -0.2) is 9.97 Å². The van der Waals surface area contributed by atoms with E-state index in [9.17, 15) is 4.79 Å². The third kappa shape index (κ3) is 1.61.